The fourth-order valence-electron chi connectivity index (χ4n) is 2.68. The zero-order valence-electron chi connectivity index (χ0n) is 11.5. The van der Waals surface area contributed by atoms with Gasteiger partial charge >= 0.3 is 0 Å². The topological polar surface area (TPSA) is 13.1 Å². The highest BCUT2D eigenvalue weighted by Gasteiger charge is 2.10. The third-order valence-corrected chi connectivity index (χ3v) is 4.10. The van der Waals surface area contributed by atoms with E-state index in [9.17, 15) is 4.39 Å². The van der Waals surface area contributed by atoms with Crippen molar-refractivity contribution in [1.82, 2.24) is 0 Å². The highest BCUT2D eigenvalue weighted by molar-refractivity contribution is 7.71. The second-order valence-corrected chi connectivity index (χ2v) is 5.56. The second kappa shape index (κ2) is 5.04. The molecule has 4 aromatic rings. The average molecular weight is 306 g/mol. The fraction of sp³-hybridized carbons (Fsp3) is 0. The molecule has 3 aromatic carbocycles. The van der Waals surface area contributed by atoms with E-state index < -0.39 is 0 Å². The van der Waals surface area contributed by atoms with Crippen molar-refractivity contribution in [3.8, 4) is 11.3 Å². The van der Waals surface area contributed by atoms with E-state index in [-0.39, 0.29) is 5.82 Å². The summed E-state index contributed by atoms with van der Waals surface area (Å²) in [6, 6.07) is 20.2. The summed E-state index contributed by atoms with van der Waals surface area (Å²) >= 11 is 5.46. The lowest BCUT2D eigenvalue weighted by atomic mass is 10.1. The van der Waals surface area contributed by atoms with Crippen molar-refractivity contribution in [1.29, 1.82) is 0 Å². The Morgan fingerprint density at radius 2 is 1.59 bits per heavy atom. The van der Waals surface area contributed by atoms with Gasteiger partial charge in [0.2, 0.25) is 0 Å². The zero-order chi connectivity index (χ0) is 15.1. The molecule has 1 heterocycles. The van der Waals surface area contributed by atoms with Gasteiger partial charge in [0, 0.05) is 16.8 Å². The molecule has 3 heteroatoms. The number of hydrogen-bond acceptors (Lipinski definition) is 2. The summed E-state index contributed by atoms with van der Waals surface area (Å²) in [4.78, 5) is 0. The molecule has 0 unspecified atom stereocenters. The second-order valence-electron chi connectivity index (χ2n) is 5.12. The van der Waals surface area contributed by atoms with E-state index >= 15 is 0 Å². The molecule has 0 amide bonds. The molecule has 0 spiro atoms. The SMILES string of the molecule is Fc1ccccc1-c1cc(=S)c2ccc3ccccc3c2o1. The summed E-state index contributed by atoms with van der Waals surface area (Å²) in [5.74, 6) is 0.132. The zero-order valence-corrected chi connectivity index (χ0v) is 12.4. The van der Waals surface area contributed by atoms with Crippen molar-refractivity contribution in [2.45, 2.75) is 0 Å². The van der Waals surface area contributed by atoms with Gasteiger partial charge in [-0.1, -0.05) is 54.7 Å². The monoisotopic (exact) mass is 306 g/mol. The molecule has 0 atom stereocenters. The lowest BCUT2D eigenvalue weighted by Crippen LogP contribution is -1.86. The van der Waals surface area contributed by atoms with Gasteiger partial charge in [0.25, 0.3) is 0 Å². The van der Waals surface area contributed by atoms with Gasteiger partial charge in [-0.2, -0.15) is 0 Å². The van der Waals surface area contributed by atoms with Gasteiger partial charge in [-0.25, -0.2) is 4.39 Å². The van der Waals surface area contributed by atoms with Crippen LogP contribution in [0.15, 0.2) is 71.1 Å². The van der Waals surface area contributed by atoms with E-state index in [2.05, 4.69) is 0 Å². The molecule has 0 saturated heterocycles. The van der Waals surface area contributed by atoms with Crippen LogP contribution in [-0.2, 0) is 0 Å². The number of halogens is 1. The Balaban J connectivity index is 2.13. The van der Waals surface area contributed by atoms with Crippen molar-refractivity contribution < 1.29 is 8.81 Å². The van der Waals surface area contributed by atoms with Gasteiger partial charge in [-0.15, -0.1) is 0 Å². The first-order chi connectivity index (χ1) is 10.7. The average Bonchev–Trinajstić information content (AvgIpc) is 2.55. The minimum absolute atomic E-state index is 0.319. The number of rotatable bonds is 1. The minimum Gasteiger partial charge on any atom is -0.455 e. The smallest absolute Gasteiger partial charge is 0.143 e. The molecule has 1 nitrogen and oxygen atoms in total. The fourth-order valence-corrected chi connectivity index (χ4v) is 2.94. The molecule has 0 saturated carbocycles. The summed E-state index contributed by atoms with van der Waals surface area (Å²) in [6.45, 7) is 0. The molecule has 1 aromatic heterocycles. The van der Waals surface area contributed by atoms with Crippen LogP contribution in [0.2, 0.25) is 0 Å². The number of hydrogen-bond donors (Lipinski definition) is 0. The Bertz CT molecular complexity index is 1070. The lowest BCUT2D eigenvalue weighted by molar-refractivity contribution is 0.596. The minimum atomic E-state index is -0.319. The van der Waals surface area contributed by atoms with Crippen LogP contribution in [0.3, 0.4) is 0 Å². The summed E-state index contributed by atoms with van der Waals surface area (Å²) in [5, 5.41) is 2.91. The van der Waals surface area contributed by atoms with Crippen molar-refractivity contribution in [3.63, 3.8) is 0 Å². The van der Waals surface area contributed by atoms with Crippen LogP contribution in [-0.4, -0.2) is 0 Å². The molecule has 0 aliphatic rings. The Morgan fingerprint density at radius 1 is 0.818 bits per heavy atom. The molecule has 0 fully saturated rings. The molecule has 0 aliphatic carbocycles. The highest BCUT2D eigenvalue weighted by atomic mass is 32.1. The molecule has 0 radical (unpaired) electrons. The maximum Gasteiger partial charge on any atom is 0.143 e. The van der Waals surface area contributed by atoms with Crippen molar-refractivity contribution in [3.05, 3.63) is 77.1 Å². The van der Waals surface area contributed by atoms with Gasteiger partial charge in [0.1, 0.15) is 17.2 Å². The van der Waals surface area contributed by atoms with Crippen LogP contribution in [0.25, 0.3) is 33.1 Å². The predicted molar refractivity (Wildman–Crippen MR) is 89.9 cm³/mol. The maximum atomic E-state index is 14.0. The van der Waals surface area contributed by atoms with Gasteiger partial charge in [0.05, 0.1) is 10.1 Å². The Labute approximate surface area is 131 Å². The van der Waals surface area contributed by atoms with Crippen molar-refractivity contribution >= 4 is 34.0 Å². The van der Waals surface area contributed by atoms with Gasteiger partial charge in [-0.3, -0.25) is 0 Å². The third kappa shape index (κ3) is 2.02. The first-order valence-corrected chi connectivity index (χ1v) is 7.35. The van der Waals surface area contributed by atoms with Crippen LogP contribution in [0, 0.1) is 10.3 Å². The van der Waals surface area contributed by atoms with Gasteiger partial charge < -0.3 is 4.42 Å². The van der Waals surface area contributed by atoms with E-state index in [0.29, 0.717) is 21.4 Å². The molecule has 0 N–H and O–H groups in total. The Hall–Kier alpha value is -2.52. The van der Waals surface area contributed by atoms with Crippen LogP contribution < -0.4 is 0 Å². The molecule has 22 heavy (non-hydrogen) atoms. The van der Waals surface area contributed by atoms with Gasteiger partial charge in [-0.05, 0) is 23.6 Å². The molecular formula is C19H11FOS. The van der Waals surface area contributed by atoms with E-state index in [1.165, 1.54) is 6.07 Å². The Morgan fingerprint density at radius 3 is 2.45 bits per heavy atom. The normalized spacial score (nSPS) is 11.1. The number of fused-ring (bicyclic) bond motifs is 3. The molecule has 4 rings (SSSR count). The van der Waals surface area contributed by atoms with E-state index in [4.69, 9.17) is 16.6 Å². The van der Waals surface area contributed by atoms with E-state index in [1.807, 2.05) is 36.4 Å². The molecular weight excluding hydrogens is 295 g/mol. The van der Waals surface area contributed by atoms with E-state index in [0.717, 1.165) is 16.2 Å². The first kappa shape index (κ1) is 13.2. The standard InChI is InChI=1S/C19H11FOS/c20-16-8-4-3-7-14(16)17-11-18(22)15-10-9-12-5-1-2-6-13(12)19(15)21-17/h1-11H. The summed E-state index contributed by atoms with van der Waals surface area (Å²) in [7, 11) is 0. The summed E-state index contributed by atoms with van der Waals surface area (Å²) in [6.07, 6.45) is 0. The quantitative estimate of drug-likeness (QED) is 0.310. The van der Waals surface area contributed by atoms with Crippen molar-refractivity contribution in [2.75, 3.05) is 0 Å². The van der Waals surface area contributed by atoms with E-state index in [1.54, 1.807) is 24.3 Å². The molecule has 0 aliphatic heterocycles. The number of benzene rings is 3. The van der Waals surface area contributed by atoms with Crippen LogP contribution in [0.1, 0.15) is 0 Å². The van der Waals surface area contributed by atoms with Crippen molar-refractivity contribution in [2.24, 2.45) is 0 Å². The van der Waals surface area contributed by atoms with Gasteiger partial charge in [0.15, 0.2) is 0 Å². The van der Waals surface area contributed by atoms with Crippen LogP contribution >= 0.6 is 12.2 Å². The molecule has 106 valence electrons. The maximum absolute atomic E-state index is 14.0. The highest BCUT2D eigenvalue weighted by Crippen LogP contribution is 2.31. The third-order valence-electron chi connectivity index (χ3n) is 3.76. The largest absolute Gasteiger partial charge is 0.455 e. The summed E-state index contributed by atoms with van der Waals surface area (Å²) < 4.78 is 20.7. The predicted octanol–water partition coefficient (Wildman–Crippen LogP) is 6.12. The van der Waals surface area contributed by atoms with Crippen LogP contribution in [0.5, 0.6) is 0 Å². The first-order valence-electron chi connectivity index (χ1n) is 6.94. The summed E-state index contributed by atoms with van der Waals surface area (Å²) in [5.41, 5.74) is 1.12. The lowest BCUT2D eigenvalue weighted by Gasteiger charge is -2.07. The molecule has 0 bridgehead atoms. The Kier molecular flexibility index (Phi) is 3.01. The van der Waals surface area contributed by atoms with Crippen LogP contribution in [0.4, 0.5) is 4.39 Å².